The van der Waals surface area contributed by atoms with Gasteiger partial charge in [0.05, 0.1) is 6.61 Å². The zero-order chi connectivity index (χ0) is 12.9. The van der Waals surface area contributed by atoms with E-state index in [9.17, 15) is 9.59 Å². The highest BCUT2D eigenvalue weighted by Gasteiger charge is 2.51. The Morgan fingerprint density at radius 3 is 2.35 bits per heavy atom. The first kappa shape index (κ1) is 13.9. The molecule has 0 saturated carbocycles. The van der Waals surface area contributed by atoms with Crippen LogP contribution in [0.3, 0.4) is 0 Å². The van der Waals surface area contributed by atoms with Gasteiger partial charge >= 0.3 is 4.93 Å². The van der Waals surface area contributed by atoms with Crippen LogP contribution in [0, 0.1) is 0 Å². The van der Waals surface area contributed by atoms with Gasteiger partial charge in [0.1, 0.15) is 12.5 Å². The summed E-state index contributed by atoms with van der Waals surface area (Å²) in [6, 6.07) is 8.78. The largest absolute Gasteiger partial charge is 0.348 e. The highest BCUT2D eigenvalue weighted by Crippen LogP contribution is 2.22. The van der Waals surface area contributed by atoms with Gasteiger partial charge in [-0.15, -0.1) is 0 Å². The van der Waals surface area contributed by atoms with Crippen LogP contribution < -0.4 is 0 Å². The first-order chi connectivity index (χ1) is 8.08. The summed E-state index contributed by atoms with van der Waals surface area (Å²) in [5.41, 5.74) is 0.509. The van der Waals surface area contributed by atoms with Gasteiger partial charge in [-0.05, 0) is 6.92 Å². The summed E-state index contributed by atoms with van der Waals surface area (Å²) in [6.07, 6.45) is 4.31. The quantitative estimate of drug-likeness (QED) is 0.335. The lowest BCUT2D eigenvalue weighted by Crippen LogP contribution is -2.49. The predicted molar refractivity (Wildman–Crippen MR) is 70.4 cm³/mol. The number of hydrogen-bond acceptors (Lipinski definition) is 3. The van der Waals surface area contributed by atoms with Gasteiger partial charge in [-0.2, -0.15) is 0 Å². The summed E-state index contributed by atoms with van der Waals surface area (Å²) in [6.45, 7) is 2.12. The number of ether oxygens (including phenoxy) is 1. The molecule has 1 unspecified atom stereocenters. The second kappa shape index (κ2) is 5.98. The molecule has 4 heteroatoms. The summed E-state index contributed by atoms with van der Waals surface area (Å²) in [5.74, 6) is -0.261. The number of carbonyl (C=O) groups excluding carboxylic acids is 2. The summed E-state index contributed by atoms with van der Waals surface area (Å²) in [5, 5.41) is 0. The Labute approximate surface area is 105 Å². The van der Waals surface area contributed by atoms with Crippen molar-refractivity contribution >= 4 is 23.0 Å². The van der Waals surface area contributed by atoms with Gasteiger partial charge in [-0.1, -0.05) is 30.3 Å². The minimum atomic E-state index is -1.34. The lowest BCUT2D eigenvalue weighted by Gasteiger charge is -2.22. The molecule has 1 atom stereocenters. The van der Waals surface area contributed by atoms with Crippen molar-refractivity contribution < 1.29 is 14.3 Å². The number of benzene rings is 1. The van der Waals surface area contributed by atoms with Gasteiger partial charge in [0.25, 0.3) is 5.78 Å². The highest BCUT2D eigenvalue weighted by atomic mass is 32.2. The monoisotopic (exact) mass is 253 g/mol. The Kier molecular flexibility index (Phi) is 4.90. The Morgan fingerprint density at radius 2 is 1.94 bits per heavy atom. The van der Waals surface area contributed by atoms with Crippen LogP contribution in [0.2, 0.25) is 0 Å². The second-order valence-corrected chi connectivity index (χ2v) is 5.97. The van der Waals surface area contributed by atoms with Crippen molar-refractivity contribution in [3.63, 3.8) is 0 Å². The van der Waals surface area contributed by atoms with Crippen molar-refractivity contribution in [1.29, 1.82) is 0 Å². The van der Waals surface area contributed by atoms with Gasteiger partial charge < -0.3 is 4.74 Å². The molecule has 0 fully saturated rings. The number of aldehydes is 1. The molecule has 0 aliphatic heterocycles. The number of rotatable bonds is 6. The van der Waals surface area contributed by atoms with Crippen molar-refractivity contribution in [2.24, 2.45) is 0 Å². The molecule has 17 heavy (non-hydrogen) atoms. The van der Waals surface area contributed by atoms with Crippen LogP contribution in [0.15, 0.2) is 30.3 Å². The molecular formula is C13H17O3S+. The molecule has 0 radical (unpaired) electrons. The van der Waals surface area contributed by atoms with Crippen LogP contribution in [0.1, 0.15) is 17.3 Å². The Hall–Kier alpha value is -1.13. The fourth-order valence-electron chi connectivity index (χ4n) is 1.56. The normalized spacial score (nSPS) is 14.4. The summed E-state index contributed by atoms with van der Waals surface area (Å²) in [7, 11) is -0.482. The molecule has 0 saturated heterocycles. The van der Waals surface area contributed by atoms with Crippen LogP contribution in [0.25, 0.3) is 0 Å². The van der Waals surface area contributed by atoms with Crippen molar-refractivity contribution in [2.75, 3.05) is 19.1 Å². The van der Waals surface area contributed by atoms with Crippen molar-refractivity contribution in [3.05, 3.63) is 35.9 Å². The number of hydrogen-bond donors (Lipinski definition) is 0. The van der Waals surface area contributed by atoms with Crippen molar-refractivity contribution in [2.45, 2.75) is 11.9 Å². The van der Waals surface area contributed by atoms with Crippen LogP contribution in [0.5, 0.6) is 0 Å². The number of ketones is 1. The molecule has 92 valence electrons. The van der Waals surface area contributed by atoms with Gasteiger partial charge in [0.15, 0.2) is 0 Å². The second-order valence-electron chi connectivity index (χ2n) is 3.73. The standard InChI is InChI=1S/C13H17O3S/c1-4-16-13(10-14,17(2)3)12(15)11-8-6-5-7-9-11/h5-10H,4H2,1-3H3/q+1. The molecular weight excluding hydrogens is 236 g/mol. The van der Waals surface area contributed by atoms with E-state index in [1.165, 1.54) is 0 Å². The van der Waals surface area contributed by atoms with Crippen molar-refractivity contribution in [1.82, 2.24) is 0 Å². The van der Waals surface area contributed by atoms with E-state index in [0.717, 1.165) is 0 Å². The van der Waals surface area contributed by atoms with Gasteiger partial charge in [0.2, 0.25) is 6.29 Å². The average molecular weight is 253 g/mol. The molecule has 0 amide bonds. The third kappa shape index (κ3) is 2.76. The molecule has 0 aliphatic carbocycles. The zero-order valence-electron chi connectivity index (χ0n) is 10.3. The highest BCUT2D eigenvalue weighted by molar-refractivity contribution is 7.98. The first-order valence-electron chi connectivity index (χ1n) is 5.36. The SMILES string of the molecule is CCOC(C=O)(C(=O)c1ccccc1)[S+](C)C. The van der Waals surface area contributed by atoms with E-state index in [0.29, 0.717) is 18.5 Å². The Balaban J connectivity index is 3.15. The molecule has 0 aliphatic rings. The molecule has 1 aromatic rings. The lowest BCUT2D eigenvalue weighted by atomic mass is 10.1. The smallest absolute Gasteiger partial charge is 0.320 e. The average Bonchev–Trinajstić information content (AvgIpc) is 2.36. The van der Waals surface area contributed by atoms with Gasteiger partial charge in [0, 0.05) is 16.5 Å². The van der Waals surface area contributed by atoms with Crippen LogP contribution in [-0.2, 0) is 20.4 Å². The fraction of sp³-hybridized carbons (Fsp3) is 0.385. The van der Waals surface area contributed by atoms with E-state index in [1.807, 2.05) is 18.6 Å². The Morgan fingerprint density at radius 1 is 1.35 bits per heavy atom. The minimum Gasteiger partial charge on any atom is -0.320 e. The van der Waals surface area contributed by atoms with Gasteiger partial charge in [-0.25, -0.2) is 0 Å². The fourth-order valence-corrected chi connectivity index (χ4v) is 2.59. The third-order valence-corrected chi connectivity index (χ3v) is 4.09. The first-order valence-corrected chi connectivity index (χ1v) is 7.40. The van der Waals surface area contributed by atoms with E-state index < -0.39 is 15.8 Å². The zero-order valence-corrected chi connectivity index (χ0v) is 11.1. The van der Waals surface area contributed by atoms with E-state index in [1.54, 1.807) is 31.2 Å². The van der Waals surface area contributed by atoms with Crippen LogP contribution >= 0.6 is 0 Å². The molecule has 0 aromatic heterocycles. The third-order valence-electron chi connectivity index (χ3n) is 2.47. The summed E-state index contributed by atoms with van der Waals surface area (Å²) >= 11 is 0. The maximum Gasteiger partial charge on any atom is 0.348 e. The molecule has 0 N–H and O–H groups in total. The number of Topliss-reactive ketones (excluding diaryl/α,β-unsaturated/α-hetero) is 1. The molecule has 1 aromatic carbocycles. The molecule has 0 heterocycles. The maximum atomic E-state index is 12.4. The molecule has 1 rings (SSSR count). The lowest BCUT2D eigenvalue weighted by molar-refractivity contribution is -0.117. The predicted octanol–water partition coefficient (Wildman–Crippen LogP) is 1.68. The Bertz CT molecular complexity index is 389. The number of carbonyl (C=O) groups is 2. The minimum absolute atomic E-state index is 0.261. The van der Waals surface area contributed by atoms with E-state index in [-0.39, 0.29) is 5.78 Å². The van der Waals surface area contributed by atoms with Gasteiger partial charge in [-0.3, -0.25) is 9.59 Å². The molecule has 0 spiro atoms. The van der Waals surface area contributed by atoms with Crippen molar-refractivity contribution in [3.8, 4) is 0 Å². The maximum absolute atomic E-state index is 12.4. The van der Waals surface area contributed by atoms with E-state index in [2.05, 4.69) is 0 Å². The summed E-state index contributed by atoms with van der Waals surface area (Å²) < 4.78 is 5.45. The summed E-state index contributed by atoms with van der Waals surface area (Å²) in [4.78, 5) is 22.4. The van der Waals surface area contributed by atoms with Crippen LogP contribution in [-0.4, -0.2) is 36.1 Å². The van der Waals surface area contributed by atoms with Crippen LogP contribution in [0.4, 0.5) is 0 Å². The van der Waals surface area contributed by atoms with E-state index in [4.69, 9.17) is 4.74 Å². The topological polar surface area (TPSA) is 43.4 Å². The van der Waals surface area contributed by atoms with E-state index >= 15 is 0 Å². The molecule has 0 bridgehead atoms. The molecule has 3 nitrogen and oxygen atoms in total.